The number of benzene rings is 1. The van der Waals surface area contributed by atoms with E-state index in [2.05, 4.69) is 15.5 Å². The molecule has 0 aliphatic heterocycles. The first-order valence-electron chi connectivity index (χ1n) is 9.80. The van der Waals surface area contributed by atoms with Crippen LogP contribution < -0.4 is 10.1 Å². The lowest BCUT2D eigenvalue weighted by Crippen LogP contribution is -2.13. The molecule has 1 amide bonds. The summed E-state index contributed by atoms with van der Waals surface area (Å²) in [5, 5.41) is 34.3. The normalized spacial score (nSPS) is 11.1. The van der Waals surface area contributed by atoms with Crippen molar-refractivity contribution in [1.82, 2.24) is 10.2 Å². The zero-order chi connectivity index (χ0) is 24.1. The molecular weight excluding hydrogens is 478 g/mol. The molecule has 0 saturated heterocycles. The van der Waals surface area contributed by atoms with E-state index in [1.807, 2.05) is 23.6 Å². The highest BCUT2D eigenvalue weighted by Gasteiger charge is 2.20. The number of hydrogen-bond acceptors (Lipinski definition) is 10. The molecule has 4 rings (SSSR count). The zero-order valence-corrected chi connectivity index (χ0v) is 19.2. The van der Waals surface area contributed by atoms with Gasteiger partial charge < -0.3 is 9.15 Å². The fourth-order valence-corrected chi connectivity index (χ4v) is 4.46. The van der Waals surface area contributed by atoms with Crippen LogP contribution in [0.4, 0.5) is 10.8 Å². The minimum atomic E-state index is -0.679. The van der Waals surface area contributed by atoms with Crippen molar-refractivity contribution in [2.75, 3.05) is 11.9 Å². The first-order valence-corrected chi connectivity index (χ1v) is 11.5. The van der Waals surface area contributed by atoms with E-state index in [9.17, 15) is 20.2 Å². The lowest BCUT2D eigenvalue weighted by molar-refractivity contribution is -0.384. The van der Waals surface area contributed by atoms with Crippen molar-refractivity contribution < 1.29 is 18.9 Å². The molecule has 170 valence electrons. The van der Waals surface area contributed by atoms with Gasteiger partial charge in [-0.05, 0) is 42.6 Å². The van der Waals surface area contributed by atoms with E-state index in [-0.39, 0.29) is 33.5 Å². The van der Waals surface area contributed by atoms with Gasteiger partial charge in [0.25, 0.3) is 11.6 Å². The molecule has 0 aliphatic rings. The summed E-state index contributed by atoms with van der Waals surface area (Å²) in [6.07, 6.45) is 1.25. The summed E-state index contributed by atoms with van der Waals surface area (Å²) in [7, 11) is 0. The van der Waals surface area contributed by atoms with Gasteiger partial charge >= 0.3 is 0 Å². The number of rotatable bonds is 8. The van der Waals surface area contributed by atoms with Crippen molar-refractivity contribution in [2.45, 2.75) is 6.92 Å². The highest BCUT2D eigenvalue weighted by molar-refractivity contribution is 7.23. The Morgan fingerprint density at radius 1 is 1.32 bits per heavy atom. The Morgan fingerprint density at radius 2 is 2.18 bits per heavy atom. The molecule has 3 aromatic heterocycles. The number of nitro benzene ring substituents is 1. The summed E-state index contributed by atoms with van der Waals surface area (Å²) in [5.41, 5.74) is -0.173. The maximum atomic E-state index is 12.6. The van der Waals surface area contributed by atoms with Gasteiger partial charge in [-0.15, -0.1) is 21.5 Å². The molecule has 1 aromatic carbocycles. The Bertz CT molecular complexity index is 1420. The number of amides is 1. The van der Waals surface area contributed by atoms with Crippen LogP contribution in [-0.2, 0) is 4.79 Å². The number of carbonyl (C=O) groups is 1. The summed E-state index contributed by atoms with van der Waals surface area (Å²) >= 11 is 2.68. The number of nitrogens with one attached hydrogen (secondary N) is 1. The standard InChI is InChI=1S/C22H15N5O5S2/c1-2-31-14-5-7-16(17(11-14)27(29)30)18-8-6-15(32-18)10-13(12-23)20(28)24-22-26-25-21(34-22)19-4-3-9-33-19/h3-11H,2H2,1H3,(H,24,26,28)/b13-10-. The number of aromatic nitrogens is 2. The Labute approximate surface area is 200 Å². The molecule has 4 aromatic rings. The Morgan fingerprint density at radius 3 is 2.88 bits per heavy atom. The van der Waals surface area contributed by atoms with Gasteiger partial charge in [0.15, 0.2) is 5.01 Å². The third kappa shape index (κ3) is 5.01. The fourth-order valence-electron chi connectivity index (χ4n) is 2.93. The second-order valence-corrected chi connectivity index (χ2v) is 8.51. The van der Waals surface area contributed by atoms with E-state index in [1.165, 1.54) is 53.0 Å². The van der Waals surface area contributed by atoms with Crippen molar-refractivity contribution in [1.29, 1.82) is 5.26 Å². The lowest BCUT2D eigenvalue weighted by Gasteiger charge is -2.05. The van der Waals surface area contributed by atoms with Crippen LogP contribution in [0.1, 0.15) is 12.7 Å². The van der Waals surface area contributed by atoms with Crippen LogP contribution in [0, 0.1) is 21.4 Å². The quantitative estimate of drug-likeness (QED) is 0.149. The molecule has 1 N–H and O–H groups in total. The summed E-state index contributed by atoms with van der Waals surface area (Å²) < 4.78 is 11.0. The number of ether oxygens (including phenoxy) is 1. The molecule has 0 unspecified atom stereocenters. The number of nitrogens with zero attached hydrogens (tertiary/aromatic N) is 4. The Kier molecular flexibility index (Phi) is 6.77. The van der Waals surface area contributed by atoms with Gasteiger partial charge in [-0.2, -0.15) is 5.26 Å². The lowest BCUT2D eigenvalue weighted by atomic mass is 10.1. The van der Waals surface area contributed by atoms with Crippen LogP contribution in [0.3, 0.4) is 0 Å². The predicted molar refractivity (Wildman–Crippen MR) is 127 cm³/mol. The Balaban J connectivity index is 1.54. The minimum absolute atomic E-state index is 0.182. The maximum absolute atomic E-state index is 12.6. The van der Waals surface area contributed by atoms with E-state index in [4.69, 9.17) is 9.15 Å². The largest absolute Gasteiger partial charge is 0.494 e. The van der Waals surface area contributed by atoms with Gasteiger partial charge in [0.05, 0.1) is 28.0 Å². The topological polar surface area (TPSA) is 144 Å². The van der Waals surface area contributed by atoms with Crippen molar-refractivity contribution in [2.24, 2.45) is 0 Å². The monoisotopic (exact) mass is 493 g/mol. The molecule has 3 heterocycles. The zero-order valence-electron chi connectivity index (χ0n) is 17.5. The van der Waals surface area contributed by atoms with Crippen LogP contribution in [-0.4, -0.2) is 27.6 Å². The maximum Gasteiger partial charge on any atom is 0.284 e. The number of nitro groups is 1. The number of anilines is 1. The van der Waals surface area contributed by atoms with E-state index < -0.39 is 10.8 Å². The SMILES string of the molecule is CCOc1ccc(-c2ccc(/C=C(/C#N)C(=O)Nc3nnc(-c4cccs4)s3)o2)c([N+](=O)[O-])c1. The molecule has 0 aliphatic carbocycles. The van der Waals surface area contributed by atoms with E-state index in [0.717, 1.165) is 4.88 Å². The average molecular weight is 494 g/mol. The van der Waals surface area contributed by atoms with Crippen LogP contribution in [0.5, 0.6) is 5.75 Å². The van der Waals surface area contributed by atoms with E-state index >= 15 is 0 Å². The van der Waals surface area contributed by atoms with Gasteiger partial charge in [0.2, 0.25) is 5.13 Å². The molecule has 0 bridgehead atoms. The highest BCUT2D eigenvalue weighted by atomic mass is 32.1. The number of carbonyl (C=O) groups excluding carboxylic acids is 1. The third-order valence-electron chi connectivity index (χ3n) is 4.40. The van der Waals surface area contributed by atoms with Crippen molar-refractivity contribution in [3.63, 3.8) is 0 Å². The van der Waals surface area contributed by atoms with Crippen molar-refractivity contribution >= 4 is 45.5 Å². The third-order valence-corrected chi connectivity index (χ3v) is 6.28. The van der Waals surface area contributed by atoms with Gasteiger partial charge in [-0.1, -0.05) is 17.4 Å². The van der Waals surface area contributed by atoms with E-state index in [0.29, 0.717) is 17.4 Å². The molecule has 0 spiro atoms. The fraction of sp³-hybridized carbons (Fsp3) is 0.0909. The summed E-state index contributed by atoms with van der Waals surface area (Å²) in [4.78, 5) is 24.5. The predicted octanol–water partition coefficient (Wildman–Crippen LogP) is 5.38. The summed E-state index contributed by atoms with van der Waals surface area (Å²) in [5.74, 6) is 0.0817. The first-order chi connectivity index (χ1) is 16.5. The van der Waals surface area contributed by atoms with Crippen LogP contribution in [0.15, 0.2) is 57.8 Å². The molecule has 0 fully saturated rings. The van der Waals surface area contributed by atoms with Gasteiger partial charge in [-0.3, -0.25) is 20.2 Å². The van der Waals surface area contributed by atoms with E-state index in [1.54, 1.807) is 13.0 Å². The number of nitriles is 1. The van der Waals surface area contributed by atoms with Crippen LogP contribution >= 0.6 is 22.7 Å². The number of furan rings is 1. The molecule has 0 saturated carbocycles. The number of hydrogen-bond donors (Lipinski definition) is 1. The van der Waals surface area contributed by atoms with Crippen molar-refractivity contribution in [3.8, 4) is 33.0 Å². The average Bonchev–Trinajstić information content (AvgIpc) is 3.59. The molecule has 0 radical (unpaired) electrons. The smallest absolute Gasteiger partial charge is 0.284 e. The Hall–Kier alpha value is -4.34. The number of thiophene rings is 1. The molecule has 12 heteroatoms. The second kappa shape index (κ2) is 10.1. The van der Waals surface area contributed by atoms with Gasteiger partial charge in [0.1, 0.15) is 28.9 Å². The van der Waals surface area contributed by atoms with Gasteiger partial charge in [-0.25, -0.2) is 0 Å². The molecule has 34 heavy (non-hydrogen) atoms. The van der Waals surface area contributed by atoms with Crippen molar-refractivity contribution in [3.05, 3.63) is 69.3 Å². The second-order valence-electron chi connectivity index (χ2n) is 6.58. The minimum Gasteiger partial charge on any atom is -0.494 e. The van der Waals surface area contributed by atoms with Crippen LogP contribution in [0.2, 0.25) is 0 Å². The summed E-state index contributed by atoms with van der Waals surface area (Å²) in [6.45, 7) is 2.15. The molecule has 10 nitrogen and oxygen atoms in total. The molecular formula is C22H15N5O5S2. The highest BCUT2D eigenvalue weighted by Crippen LogP contribution is 2.35. The summed E-state index contributed by atoms with van der Waals surface area (Å²) in [6, 6.07) is 13.1. The molecule has 0 atom stereocenters. The van der Waals surface area contributed by atoms with Gasteiger partial charge in [0, 0.05) is 6.08 Å². The first kappa shape index (κ1) is 22.8. The van der Waals surface area contributed by atoms with Crippen LogP contribution in [0.25, 0.3) is 27.3 Å².